The molecule has 0 radical (unpaired) electrons. The molecule has 0 aliphatic carbocycles. The Morgan fingerprint density at radius 3 is 2.31 bits per heavy atom. The van der Waals surface area contributed by atoms with E-state index >= 15 is 0 Å². The van der Waals surface area contributed by atoms with Crippen LogP contribution in [-0.4, -0.2) is 25.3 Å². The first kappa shape index (κ1) is 14.6. The van der Waals surface area contributed by atoms with E-state index in [2.05, 4.69) is 4.74 Å². The minimum atomic E-state index is -0.646. The lowest BCUT2D eigenvalue weighted by atomic mass is 10.2. The zero-order valence-electron chi connectivity index (χ0n) is 9.70. The summed E-state index contributed by atoms with van der Waals surface area (Å²) in [5.41, 5.74) is 0.0123. The molecule has 0 aliphatic rings. The number of carbonyl (C=O) groups is 1. The van der Waals surface area contributed by atoms with Gasteiger partial charge in [-0.15, -0.1) is 0 Å². The van der Waals surface area contributed by atoms with Crippen LogP contribution in [0.15, 0.2) is 12.1 Å². The van der Waals surface area contributed by atoms with E-state index in [0.29, 0.717) is 5.75 Å². The first-order valence-electron chi connectivity index (χ1n) is 4.75. The molecule has 0 saturated heterocycles. The third-order valence-electron chi connectivity index (χ3n) is 1.68. The number of phenolic OH excluding ortho intramolecular Hbond substituents is 1. The molecule has 0 aliphatic heterocycles. The fraction of sp³-hybridized carbons (Fsp3) is 0.364. The van der Waals surface area contributed by atoms with Crippen molar-refractivity contribution in [1.29, 1.82) is 0 Å². The Morgan fingerprint density at radius 1 is 1.31 bits per heavy atom. The van der Waals surface area contributed by atoms with E-state index in [9.17, 15) is 9.90 Å². The predicted octanol–water partition coefficient (Wildman–Crippen LogP) is 2.87. The SMILES string of the molecule is CC.COC(=O)c1cc(Cl)c(OC)cc1O. The van der Waals surface area contributed by atoms with Gasteiger partial charge in [0.2, 0.25) is 0 Å². The van der Waals surface area contributed by atoms with Gasteiger partial charge in [0.05, 0.1) is 19.2 Å². The molecule has 0 bridgehead atoms. The van der Waals surface area contributed by atoms with Gasteiger partial charge >= 0.3 is 5.97 Å². The summed E-state index contributed by atoms with van der Waals surface area (Å²) < 4.78 is 9.30. The van der Waals surface area contributed by atoms with Crippen molar-refractivity contribution >= 4 is 17.6 Å². The van der Waals surface area contributed by atoms with Crippen LogP contribution in [-0.2, 0) is 4.74 Å². The van der Waals surface area contributed by atoms with Gasteiger partial charge in [-0.1, -0.05) is 25.4 Å². The molecule has 16 heavy (non-hydrogen) atoms. The second-order valence-corrected chi connectivity index (χ2v) is 2.90. The summed E-state index contributed by atoms with van der Waals surface area (Å²) in [5.74, 6) is -0.568. The molecule has 0 atom stereocenters. The van der Waals surface area contributed by atoms with E-state index in [1.165, 1.54) is 26.4 Å². The number of halogens is 1. The summed E-state index contributed by atoms with van der Waals surface area (Å²) in [7, 11) is 2.64. The van der Waals surface area contributed by atoms with Crippen LogP contribution in [0.1, 0.15) is 24.2 Å². The summed E-state index contributed by atoms with van der Waals surface area (Å²) in [6, 6.07) is 2.55. The molecule has 90 valence electrons. The highest BCUT2D eigenvalue weighted by molar-refractivity contribution is 6.32. The van der Waals surface area contributed by atoms with E-state index < -0.39 is 5.97 Å². The number of esters is 1. The summed E-state index contributed by atoms with van der Waals surface area (Å²) in [5, 5.41) is 9.65. The third kappa shape index (κ3) is 3.31. The standard InChI is InChI=1S/C9H9ClO4.C2H6/c1-13-8-4-7(11)5(3-6(8)10)9(12)14-2;1-2/h3-4,11H,1-2H3;1-2H3. The first-order valence-corrected chi connectivity index (χ1v) is 5.12. The van der Waals surface area contributed by atoms with Gasteiger partial charge in [0.1, 0.15) is 17.1 Å². The highest BCUT2D eigenvalue weighted by Crippen LogP contribution is 2.31. The predicted molar refractivity (Wildman–Crippen MR) is 62.4 cm³/mol. The summed E-state index contributed by atoms with van der Waals surface area (Å²) >= 11 is 5.76. The lowest BCUT2D eigenvalue weighted by Gasteiger charge is -2.07. The van der Waals surface area contributed by atoms with Crippen LogP contribution in [0.3, 0.4) is 0 Å². The zero-order valence-corrected chi connectivity index (χ0v) is 10.5. The number of aromatic hydroxyl groups is 1. The van der Waals surface area contributed by atoms with Gasteiger partial charge in [-0.3, -0.25) is 0 Å². The van der Waals surface area contributed by atoms with E-state index in [0.717, 1.165) is 0 Å². The molecule has 1 N–H and O–H groups in total. The summed E-state index contributed by atoms with van der Waals surface area (Å²) in [4.78, 5) is 11.1. The number of hydrogen-bond acceptors (Lipinski definition) is 4. The molecule has 0 unspecified atom stereocenters. The Morgan fingerprint density at radius 2 is 1.88 bits per heavy atom. The van der Waals surface area contributed by atoms with Crippen LogP contribution in [0.5, 0.6) is 11.5 Å². The van der Waals surface area contributed by atoms with Crippen molar-refractivity contribution in [2.75, 3.05) is 14.2 Å². The van der Waals surface area contributed by atoms with Gasteiger partial charge in [0.15, 0.2) is 0 Å². The quantitative estimate of drug-likeness (QED) is 0.816. The summed E-state index contributed by atoms with van der Waals surface area (Å²) in [6.45, 7) is 4.00. The van der Waals surface area contributed by atoms with Crippen molar-refractivity contribution in [2.45, 2.75) is 13.8 Å². The molecule has 0 fully saturated rings. The van der Waals surface area contributed by atoms with Crippen molar-refractivity contribution in [3.63, 3.8) is 0 Å². The number of rotatable bonds is 2. The molecule has 0 amide bonds. The largest absolute Gasteiger partial charge is 0.507 e. The average molecular weight is 247 g/mol. The van der Waals surface area contributed by atoms with Crippen LogP contribution < -0.4 is 4.74 Å². The summed E-state index contributed by atoms with van der Waals surface area (Å²) in [6.07, 6.45) is 0. The fourth-order valence-corrected chi connectivity index (χ4v) is 1.21. The maximum absolute atomic E-state index is 11.1. The Hall–Kier alpha value is -1.42. The minimum absolute atomic E-state index is 0.0123. The molecule has 0 heterocycles. The lowest BCUT2D eigenvalue weighted by molar-refractivity contribution is 0.0597. The van der Waals surface area contributed by atoms with Crippen LogP contribution in [0.2, 0.25) is 5.02 Å². The molecule has 1 rings (SSSR count). The number of phenols is 1. The van der Waals surface area contributed by atoms with Crippen LogP contribution in [0.4, 0.5) is 0 Å². The molecule has 4 nitrogen and oxygen atoms in total. The van der Waals surface area contributed by atoms with E-state index in [1.807, 2.05) is 13.8 Å². The molecule has 0 saturated carbocycles. The van der Waals surface area contributed by atoms with E-state index in [4.69, 9.17) is 16.3 Å². The van der Waals surface area contributed by atoms with Crippen molar-refractivity contribution in [2.24, 2.45) is 0 Å². The monoisotopic (exact) mass is 246 g/mol. The second-order valence-electron chi connectivity index (χ2n) is 2.50. The average Bonchev–Trinajstić information content (AvgIpc) is 2.33. The molecule has 1 aromatic rings. The Labute approximate surface area is 99.7 Å². The fourth-order valence-electron chi connectivity index (χ4n) is 0.973. The molecular formula is C11H15ClO4. The van der Waals surface area contributed by atoms with Crippen molar-refractivity contribution in [3.8, 4) is 11.5 Å². The minimum Gasteiger partial charge on any atom is -0.507 e. The molecular weight excluding hydrogens is 232 g/mol. The molecule has 0 aromatic heterocycles. The van der Waals surface area contributed by atoms with Crippen molar-refractivity contribution in [3.05, 3.63) is 22.7 Å². The van der Waals surface area contributed by atoms with Gasteiger partial charge in [-0.2, -0.15) is 0 Å². The first-order chi connectivity index (χ1) is 7.60. The Kier molecular flexibility index (Phi) is 6.34. The number of ether oxygens (including phenoxy) is 2. The second kappa shape index (κ2) is 6.95. The maximum atomic E-state index is 11.1. The van der Waals surface area contributed by atoms with Crippen molar-refractivity contribution in [1.82, 2.24) is 0 Å². The lowest BCUT2D eigenvalue weighted by Crippen LogP contribution is -2.01. The normalized spacial score (nSPS) is 8.81. The highest BCUT2D eigenvalue weighted by Gasteiger charge is 2.15. The number of methoxy groups -OCH3 is 2. The number of benzene rings is 1. The molecule has 1 aromatic carbocycles. The topological polar surface area (TPSA) is 55.8 Å². The van der Waals surface area contributed by atoms with Crippen LogP contribution in [0, 0.1) is 0 Å². The zero-order chi connectivity index (χ0) is 12.7. The molecule has 0 spiro atoms. The van der Waals surface area contributed by atoms with Crippen molar-refractivity contribution < 1.29 is 19.4 Å². The van der Waals surface area contributed by atoms with Gasteiger partial charge in [-0.25, -0.2) is 4.79 Å². The third-order valence-corrected chi connectivity index (χ3v) is 1.97. The van der Waals surface area contributed by atoms with Gasteiger partial charge in [-0.05, 0) is 6.07 Å². The maximum Gasteiger partial charge on any atom is 0.341 e. The highest BCUT2D eigenvalue weighted by atomic mass is 35.5. The Balaban J connectivity index is 0.00000106. The number of carbonyl (C=O) groups excluding carboxylic acids is 1. The van der Waals surface area contributed by atoms with E-state index in [1.54, 1.807) is 0 Å². The van der Waals surface area contributed by atoms with Gasteiger partial charge in [0.25, 0.3) is 0 Å². The molecule has 5 heteroatoms. The van der Waals surface area contributed by atoms with Crippen LogP contribution >= 0.6 is 11.6 Å². The van der Waals surface area contributed by atoms with Gasteiger partial charge < -0.3 is 14.6 Å². The smallest absolute Gasteiger partial charge is 0.341 e. The number of hydrogen-bond donors (Lipinski definition) is 1. The van der Waals surface area contributed by atoms with E-state index in [-0.39, 0.29) is 16.3 Å². The van der Waals surface area contributed by atoms with Gasteiger partial charge in [0, 0.05) is 6.07 Å². The Bertz CT molecular complexity index is 363. The van der Waals surface area contributed by atoms with Crippen LogP contribution in [0.25, 0.3) is 0 Å².